The number of hydrogen-bond acceptors (Lipinski definition) is 10. The molecule has 0 radical (unpaired) electrons. The molecule has 0 saturated carbocycles. The maximum Gasteiger partial charge on any atom is 0.397 e. The van der Waals surface area contributed by atoms with Crippen molar-refractivity contribution in [2.45, 2.75) is 205 Å². The lowest BCUT2D eigenvalue weighted by molar-refractivity contribution is -0.302. The van der Waals surface area contributed by atoms with Crippen molar-refractivity contribution >= 4 is 22.3 Å². The van der Waals surface area contributed by atoms with Crippen molar-refractivity contribution in [3.05, 3.63) is 35.9 Å². The molecular weight excluding hydrogens is 701 g/mol. The average molecular weight is 771 g/mol. The molecule has 0 aliphatic carbocycles. The Kier molecular flexibility index (Phi) is 26.0. The Morgan fingerprint density at radius 3 is 1.47 bits per heavy atom. The van der Waals surface area contributed by atoms with E-state index in [2.05, 4.69) is 18.0 Å². The molecule has 0 unspecified atom stereocenters. The maximum atomic E-state index is 13.2. The number of carbonyl (C=O) groups is 2. The van der Waals surface area contributed by atoms with Crippen LogP contribution >= 0.6 is 0 Å². The summed E-state index contributed by atoms with van der Waals surface area (Å²) in [4.78, 5) is 26.4. The molecule has 5 atom stereocenters. The highest BCUT2D eigenvalue weighted by Crippen LogP contribution is 2.30. The van der Waals surface area contributed by atoms with Crippen LogP contribution in [-0.2, 0) is 49.7 Å². The summed E-state index contributed by atoms with van der Waals surface area (Å²) in [5.74, 6) is -1.15. The van der Waals surface area contributed by atoms with Crippen LogP contribution < -0.4 is 0 Å². The Morgan fingerprint density at radius 2 is 1.04 bits per heavy atom. The van der Waals surface area contributed by atoms with E-state index in [1.807, 2.05) is 30.3 Å². The monoisotopic (exact) mass is 770 g/mol. The Balaban J connectivity index is 2.01. The topological polar surface area (TPSA) is 155 Å². The van der Waals surface area contributed by atoms with Crippen molar-refractivity contribution in [2.75, 3.05) is 6.61 Å². The summed E-state index contributed by atoms with van der Waals surface area (Å²) >= 11 is 0. The van der Waals surface area contributed by atoms with Crippen LogP contribution in [0.25, 0.3) is 0 Å². The molecule has 0 amide bonds. The van der Waals surface area contributed by atoms with Gasteiger partial charge in [0.1, 0.15) is 12.2 Å². The van der Waals surface area contributed by atoms with Gasteiger partial charge in [0.05, 0.1) is 13.2 Å². The van der Waals surface area contributed by atoms with Gasteiger partial charge in [0.15, 0.2) is 18.5 Å². The molecule has 1 heterocycles. The van der Waals surface area contributed by atoms with E-state index < -0.39 is 59.7 Å². The van der Waals surface area contributed by atoms with E-state index in [0.717, 1.165) is 44.1 Å². The van der Waals surface area contributed by atoms with Crippen LogP contribution in [0.5, 0.6) is 0 Å². The van der Waals surface area contributed by atoms with Crippen molar-refractivity contribution in [3.8, 4) is 0 Å². The zero-order valence-electron chi connectivity index (χ0n) is 32.6. The molecule has 53 heavy (non-hydrogen) atoms. The van der Waals surface area contributed by atoms with E-state index in [9.17, 15) is 27.7 Å². The first kappa shape index (κ1) is 47.1. The van der Waals surface area contributed by atoms with Crippen LogP contribution in [0, 0.1) is 0 Å². The van der Waals surface area contributed by atoms with Gasteiger partial charge in [0.25, 0.3) is 0 Å². The number of esters is 2. The molecule has 1 aliphatic heterocycles. The third kappa shape index (κ3) is 22.8. The maximum absolute atomic E-state index is 13.2. The van der Waals surface area contributed by atoms with Crippen LogP contribution in [0.2, 0.25) is 0 Å². The first-order chi connectivity index (χ1) is 25.6. The fourth-order valence-electron chi connectivity index (χ4n) is 6.69. The number of carbonyl (C=O) groups excluding carboxylic acids is 2. The van der Waals surface area contributed by atoms with Gasteiger partial charge in [-0.25, -0.2) is 4.18 Å². The van der Waals surface area contributed by atoms with Crippen molar-refractivity contribution in [2.24, 2.45) is 0 Å². The number of hydrogen-bond donors (Lipinski definition) is 2. The molecule has 0 aromatic heterocycles. The fraction of sp³-hybridized carbons (Fsp3) is 0.805. The zero-order valence-corrected chi connectivity index (χ0v) is 33.5. The van der Waals surface area contributed by atoms with E-state index in [-0.39, 0.29) is 19.4 Å². The first-order valence-corrected chi connectivity index (χ1v) is 22.0. The summed E-state index contributed by atoms with van der Waals surface area (Å²) in [6.07, 6.45) is 17.8. The van der Waals surface area contributed by atoms with Gasteiger partial charge in [0, 0.05) is 12.8 Å². The molecule has 1 aromatic rings. The highest BCUT2D eigenvalue weighted by molar-refractivity contribution is 7.80. The summed E-state index contributed by atoms with van der Waals surface area (Å²) in [7, 11) is -4.90. The Labute approximate surface area is 320 Å². The largest absolute Gasteiger partial charge is 0.455 e. The van der Waals surface area contributed by atoms with Gasteiger partial charge in [0.2, 0.25) is 0 Å². The van der Waals surface area contributed by atoms with Crippen molar-refractivity contribution in [1.29, 1.82) is 0 Å². The van der Waals surface area contributed by atoms with Crippen molar-refractivity contribution in [1.82, 2.24) is 0 Å². The van der Waals surface area contributed by atoms with Gasteiger partial charge < -0.3 is 24.1 Å². The lowest BCUT2D eigenvalue weighted by Gasteiger charge is -2.43. The number of benzene rings is 1. The molecule has 12 heteroatoms. The van der Waals surface area contributed by atoms with E-state index >= 15 is 0 Å². The number of aliphatic hydroxyl groups excluding tert-OH is 1. The number of rotatable bonds is 32. The van der Waals surface area contributed by atoms with E-state index in [0.29, 0.717) is 12.8 Å². The quantitative estimate of drug-likeness (QED) is 0.0409. The molecule has 0 spiro atoms. The lowest BCUT2D eigenvalue weighted by Crippen LogP contribution is -2.62. The van der Waals surface area contributed by atoms with Crippen LogP contribution in [0.15, 0.2) is 30.3 Å². The van der Waals surface area contributed by atoms with Gasteiger partial charge in [-0.05, 0) is 18.4 Å². The Bertz CT molecular complexity index is 1180. The van der Waals surface area contributed by atoms with Crippen LogP contribution in [0.3, 0.4) is 0 Å². The minimum atomic E-state index is -4.90. The molecule has 11 nitrogen and oxygen atoms in total. The van der Waals surface area contributed by atoms with Gasteiger partial charge in [-0.15, -0.1) is 0 Å². The first-order valence-electron chi connectivity index (χ1n) is 20.6. The SMILES string of the molecule is CCCCCCCCCCCCCC(=O)O[C@@H]1[C@@H](OCc2ccccc2)[C@@H](O)O[C@H](COS(=O)(=O)O)[C@H]1OC(=O)CCCCCCCCCCCCC. The fourth-order valence-corrected chi connectivity index (χ4v) is 7.00. The van der Waals surface area contributed by atoms with Crippen LogP contribution in [-0.4, -0.2) is 67.3 Å². The van der Waals surface area contributed by atoms with Gasteiger partial charge in [-0.1, -0.05) is 173 Å². The average Bonchev–Trinajstić information content (AvgIpc) is 3.13. The lowest BCUT2D eigenvalue weighted by atomic mass is 9.98. The van der Waals surface area contributed by atoms with Crippen LogP contribution in [0.1, 0.15) is 174 Å². The summed E-state index contributed by atoms with van der Waals surface area (Å²) in [5, 5.41) is 11.0. The second kappa shape index (κ2) is 29.2. The molecule has 1 fully saturated rings. The molecule has 306 valence electrons. The van der Waals surface area contributed by atoms with Gasteiger partial charge in [-0.2, -0.15) is 8.42 Å². The summed E-state index contributed by atoms with van der Waals surface area (Å²) in [5.41, 5.74) is 0.785. The van der Waals surface area contributed by atoms with Crippen molar-refractivity contribution in [3.63, 3.8) is 0 Å². The highest BCUT2D eigenvalue weighted by Gasteiger charge is 2.51. The molecule has 1 aliphatic rings. The van der Waals surface area contributed by atoms with Crippen LogP contribution in [0.4, 0.5) is 0 Å². The zero-order chi connectivity index (χ0) is 38.6. The van der Waals surface area contributed by atoms with E-state index in [4.69, 9.17) is 18.9 Å². The smallest absolute Gasteiger partial charge is 0.397 e. The molecule has 1 aromatic carbocycles. The summed E-state index contributed by atoms with van der Waals surface area (Å²) in [6.45, 7) is 3.68. The van der Waals surface area contributed by atoms with E-state index in [1.165, 1.54) is 89.9 Å². The summed E-state index contributed by atoms with van der Waals surface area (Å²) < 4.78 is 60.2. The second-order valence-electron chi connectivity index (χ2n) is 14.5. The predicted molar refractivity (Wildman–Crippen MR) is 205 cm³/mol. The number of aliphatic hydroxyl groups is 1. The molecule has 1 saturated heterocycles. The Morgan fingerprint density at radius 1 is 0.623 bits per heavy atom. The number of ether oxygens (including phenoxy) is 4. The highest BCUT2D eigenvalue weighted by atomic mass is 32.3. The number of unbranched alkanes of at least 4 members (excludes halogenated alkanes) is 20. The third-order valence-electron chi connectivity index (χ3n) is 9.78. The normalized spacial score (nSPS) is 20.3. The molecule has 2 N–H and O–H groups in total. The third-order valence-corrected chi connectivity index (χ3v) is 10.2. The standard InChI is InChI=1S/C41H70O11S/c1-3-5-7-9-11-13-15-17-19-21-26-30-36(42)51-38-35(33-49-53(45,46)47)50-41(44)40(48-32-34-28-24-23-25-29-34)39(38)52-37(43)31-27-22-20-18-16-14-12-10-8-6-4-2/h23-25,28-29,35,38-41,44H,3-22,26-27,30-33H2,1-2H3,(H,45,46,47)/t35-,38-,39+,40-,41+/m1/s1. The Hall–Kier alpha value is -2.09. The second-order valence-corrected chi connectivity index (χ2v) is 15.6. The predicted octanol–water partition coefficient (Wildman–Crippen LogP) is 9.33. The molecular formula is C41H70O11S. The van der Waals surface area contributed by atoms with Crippen molar-refractivity contribution < 1.29 is 50.8 Å². The minimum absolute atomic E-state index is 0.0319. The van der Waals surface area contributed by atoms with Gasteiger partial charge >= 0.3 is 22.3 Å². The summed E-state index contributed by atoms with van der Waals surface area (Å²) in [6, 6.07) is 9.18. The van der Waals surface area contributed by atoms with Gasteiger partial charge in [-0.3, -0.25) is 14.1 Å². The molecule has 2 rings (SSSR count). The molecule has 0 bridgehead atoms. The minimum Gasteiger partial charge on any atom is -0.455 e. The van der Waals surface area contributed by atoms with E-state index in [1.54, 1.807) is 0 Å².